The third-order valence-corrected chi connectivity index (χ3v) is 10.4. The molecule has 0 bridgehead atoms. The topological polar surface area (TPSA) is 26.5 Å². The second-order valence-corrected chi connectivity index (χ2v) is 13.8. The van der Waals surface area contributed by atoms with Crippen molar-refractivity contribution in [2.45, 2.75) is 45.5 Å². The van der Waals surface area contributed by atoms with E-state index in [9.17, 15) is 0 Å². The van der Waals surface area contributed by atoms with Crippen LogP contribution < -0.4 is 0 Å². The van der Waals surface area contributed by atoms with Crippen LogP contribution in [-0.4, -0.2) is 17.7 Å². The molecule has 0 fully saturated rings. The summed E-state index contributed by atoms with van der Waals surface area (Å²) in [5.41, 5.74) is 3.23. The first-order chi connectivity index (χ1) is 11.2. The molecule has 0 N–H and O–H groups in total. The lowest BCUT2D eigenvalue weighted by molar-refractivity contribution is 0.279. The van der Waals surface area contributed by atoms with Gasteiger partial charge in [0.1, 0.15) is 10.8 Å². The molecule has 24 heavy (non-hydrogen) atoms. The molecule has 3 aromatic heterocycles. The highest BCUT2D eigenvalue weighted by Crippen LogP contribution is 2.37. The van der Waals surface area contributed by atoms with Crippen molar-refractivity contribution >= 4 is 36.9 Å². The Morgan fingerprint density at radius 3 is 2.67 bits per heavy atom. The van der Waals surface area contributed by atoms with Crippen LogP contribution in [0.4, 0.5) is 0 Å². The number of aromatic nitrogens is 2. The molecule has 128 valence electrons. The molecule has 0 saturated carbocycles. The Hall–Kier alpha value is -1.14. The molecular weight excluding hydrogens is 356 g/mol. The van der Waals surface area contributed by atoms with Crippen LogP contribution in [0, 0.1) is 0 Å². The van der Waals surface area contributed by atoms with Crippen molar-refractivity contribution in [1.82, 2.24) is 9.38 Å². The lowest BCUT2D eigenvalue weighted by Gasteiger charge is -2.36. The maximum Gasteiger partial charge on any atom is 0.192 e. The zero-order chi connectivity index (χ0) is 17.5. The molecule has 3 aromatic rings. The predicted octanol–water partition coefficient (Wildman–Crippen LogP) is 6.24. The molecule has 0 aliphatic rings. The van der Waals surface area contributed by atoms with Gasteiger partial charge in [0.25, 0.3) is 0 Å². The zero-order valence-electron chi connectivity index (χ0n) is 14.8. The van der Waals surface area contributed by atoms with Gasteiger partial charge in [0.2, 0.25) is 0 Å². The first kappa shape index (κ1) is 17.7. The Bertz CT molecular complexity index is 863. The van der Waals surface area contributed by atoms with Crippen LogP contribution in [0.3, 0.4) is 0 Å². The van der Waals surface area contributed by atoms with Gasteiger partial charge in [-0.25, -0.2) is 4.98 Å². The third kappa shape index (κ3) is 3.59. The minimum Gasteiger partial charge on any atom is -0.412 e. The minimum absolute atomic E-state index is 0.235. The largest absolute Gasteiger partial charge is 0.412 e. The fourth-order valence-corrected chi connectivity index (χ4v) is 4.26. The van der Waals surface area contributed by atoms with E-state index in [0.717, 1.165) is 11.2 Å². The Labute approximate surface area is 153 Å². The molecular formula is C18H23ClN2OSSi. The standard InChI is InChI=1S/C18H23ClN2OSSi/c1-18(2,3)24(4,5)22-11-15-8-14(12-23-15)13-6-7-17-20-16(19)10-21(17)9-13/h6-10,12H,11H2,1-5H3. The normalized spacial score (nSPS) is 12.9. The number of rotatable bonds is 4. The van der Waals surface area contributed by atoms with Crippen LogP contribution in [0.15, 0.2) is 36.0 Å². The summed E-state index contributed by atoms with van der Waals surface area (Å²) < 4.78 is 8.28. The maximum absolute atomic E-state index is 6.32. The number of nitrogens with zero attached hydrogens (tertiary/aromatic N) is 2. The number of thiophene rings is 1. The summed E-state index contributed by atoms with van der Waals surface area (Å²) in [4.78, 5) is 5.51. The van der Waals surface area contributed by atoms with Gasteiger partial charge in [-0.2, -0.15) is 0 Å². The van der Waals surface area contributed by atoms with Gasteiger partial charge in [0, 0.05) is 17.3 Å². The molecule has 0 aliphatic heterocycles. The van der Waals surface area contributed by atoms with Crippen LogP contribution in [0.1, 0.15) is 25.6 Å². The summed E-state index contributed by atoms with van der Waals surface area (Å²) in [7, 11) is -1.71. The van der Waals surface area contributed by atoms with Gasteiger partial charge in [-0.1, -0.05) is 32.4 Å². The molecule has 0 unspecified atom stereocenters. The number of pyridine rings is 1. The molecule has 6 heteroatoms. The van der Waals surface area contributed by atoms with E-state index in [0.29, 0.717) is 11.8 Å². The molecule has 0 aliphatic carbocycles. The molecule has 0 radical (unpaired) electrons. The Kier molecular flexibility index (Phi) is 4.64. The fourth-order valence-electron chi connectivity index (χ4n) is 2.21. The first-order valence-electron chi connectivity index (χ1n) is 8.02. The molecule has 3 rings (SSSR count). The molecule has 0 aromatic carbocycles. The van der Waals surface area contributed by atoms with E-state index < -0.39 is 8.32 Å². The summed E-state index contributed by atoms with van der Waals surface area (Å²) in [5, 5.41) is 2.93. The third-order valence-electron chi connectivity index (χ3n) is 4.79. The van der Waals surface area contributed by atoms with Gasteiger partial charge in [-0.05, 0) is 52.8 Å². The van der Waals surface area contributed by atoms with E-state index in [1.807, 2.05) is 16.7 Å². The fraction of sp³-hybridized carbons (Fsp3) is 0.389. The zero-order valence-corrected chi connectivity index (χ0v) is 17.3. The summed E-state index contributed by atoms with van der Waals surface area (Å²) in [6, 6.07) is 6.29. The molecule has 3 nitrogen and oxygen atoms in total. The number of hydrogen-bond acceptors (Lipinski definition) is 3. The van der Waals surface area contributed by atoms with Crippen LogP contribution in [0.5, 0.6) is 0 Å². The first-order valence-corrected chi connectivity index (χ1v) is 12.2. The monoisotopic (exact) mass is 378 g/mol. The highest BCUT2D eigenvalue weighted by atomic mass is 35.5. The molecule has 0 saturated heterocycles. The van der Waals surface area contributed by atoms with Crippen LogP contribution in [0.2, 0.25) is 23.3 Å². The van der Waals surface area contributed by atoms with Gasteiger partial charge in [-0.3, -0.25) is 0 Å². The quantitative estimate of drug-likeness (QED) is 0.502. The van der Waals surface area contributed by atoms with E-state index in [-0.39, 0.29) is 5.04 Å². The average molecular weight is 379 g/mol. The van der Waals surface area contributed by atoms with E-state index >= 15 is 0 Å². The molecule has 0 amide bonds. The van der Waals surface area contributed by atoms with E-state index in [1.54, 1.807) is 11.3 Å². The van der Waals surface area contributed by atoms with E-state index in [2.05, 4.69) is 62.6 Å². The van der Waals surface area contributed by atoms with Crippen LogP contribution in [0.25, 0.3) is 16.8 Å². The van der Waals surface area contributed by atoms with Gasteiger partial charge in [-0.15, -0.1) is 11.3 Å². The van der Waals surface area contributed by atoms with Gasteiger partial charge in [0.15, 0.2) is 8.32 Å². The van der Waals surface area contributed by atoms with Crippen molar-refractivity contribution in [3.63, 3.8) is 0 Å². The maximum atomic E-state index is 6.32. The van der Waals surface area contributed by atoms with Crippen LogP contribution in [-0.2, 0) is 11.0 Å². The summed E-state index contributed by atoms with van der Waals surface area (Å²) >= 11 is 7.72. The lowest BCUT2D eigenvalue weighted by atomic mass is 10.1. The van der Waals surface area contributed by atoms with Crippen molar-refractivity contribution in [3.05, 3.63) is 46.0 Å². The molecule has 3 heterocycles. The summed E-state index contributed by atoms with van der Waals surface area (Å²) in [6.07, 6.45) is 3.89. The summed E-state index contributed by atoms with van der Waals surface area (Å²) in [6.45, 7) is 12.1. The van der Waals surface area contributed by atoms with Gasteiger partial charge >= 0.3 is 0 Å². The van der Waals surface area contributed by atoms with Crippen molar-refractivity contribution < 1.29 is 4.43 Å². The van der Waals surface area contributed by atoms with Gasteiger partial charge in [0.05, 0.1) is 6.61 Å². The number of hydrogen-bond donors (Lipinski definition) is 0. The van der Waals surface area contributed by atoms with Crippen molar-refractivity contribution in [2.75, 3.05) is 0 Å². The highest BCUT2D eigenvalue weighted by molar-refractivity contribution is 7.10. The second-order valence-electron chi connectivity index (χ2n) is 7.60. The van der Waals surface area contributed by atoms with Crippen LogP contribution >= 0.6 is 22.9 Å². The second kappa shape index (κ2) is 6.30. The van der Waals surface area contributed by atoms with E-state index in [1.165, 1.54) is 10.4 Å². The lowest BCUT2D eigenvalue weighted by Crippen LogP contribution is -2.40. The Morgan fingerprint density at radius 2 is 1.96 bits per heavy atom. The average Bonchev–Trinajstić information content (AvgIpc) is 3.08. The van der Waals surface area contributed by atoms with Crippen molar-refractivity contribution in [3.8, 4) is 11.1 Å². The minimum atomic E-state index is -1.71. The Morgan fingerprint density at radius 1 is 1.21 bits per heavy atom. The van der Waals surface area contributed by atoms with E-state index in [4.69, 9.17) is 16.0 Å². The molecule has 0 spiro atoms. The van der Waals surface area contributed by atoms with Crippen molar-refractivity contribution in [2.24, 2.45) is 0 Å². The highest BCUT2D eigenvalue weighted by Gasteiger charge is 2.37. The van der Waals surface area contributed by atoms with Gasteiger partial charge < -0.3 is 8.83 Å². The number of imidazole rings is 1. The summed E-state index contributed by atoms with van der Waals surface area (Å²) in [5.74, 6) is 0. The molecule has 0 atom stereocenters. The SMILES string of the molecule is CC(C)(C)[Si](C)(C)OCc1cc(-c2ccc3nc(Cl)cn3c2)cs1. The van der Waals surface area contributed by atoms with Crippen molar-refractivity contribution in [1.29, 1.82) is 0 Å². The smallest absolute Gasteiger partial charge is 0.192 e. The Balaban J connectivity index is 1.77. The number of halogens is 1. The number of fused-ring (bicyclic) bond motifs is 1. The predicted molar refractivity (Wildman–Crippen MR) is 106 cm³/mol.